The maximum absolute atomic E-state index is 12.5. The highest BCUT2D eigenvalue weighted by molar-refractivity contribution is 6.32. The number of anilines is 1. The Morgan fingerprint density at radius 2 is 1.77 bits per heavy atom. The lowest BCUT2D eigenvalue weighted by Gasteiger charge is -2.10. The van der Waals surface area contributed by atoms with E-state index in [9.17, 15) is 4.79 Å². The molecule has 0 aliphatic carbocycles. The number of ether oxygens (including phenoxy) is 1. The Labute approximate surface area is 183 Å². The lowest BCUT2D eigenvalue weighted by atomic mass is 10.1. The first-order valence-electron chi connectivity index (χ1n) is 9.05. The molecule has 0 saturated heterocycles. The molecule has 6 nitrogen and oxygen atoms in total. The molecule has 0 aliphatic heterocycles. The van der Waals surface area contributed by atoms with E-state index in [1.54, 1.807) is 59.4 Å². The van der Waals surface area contributed by atoms with E-state index in [4.69, 9.17) is 27.9 Å². The maximum atomic E-state index is 12.5. The van der Waals surface area contributed by atoms with Crippen LogP contribution in [0.5, 0.6) is 5.75 Å². The zero-order valence-electron chi connectivity index (χ0n) is 15.6. The zero-order chi connectivity index (χ0) is 20.9. The second kappa shape index (κ2) is 8.98. The Balaban J connectivity index is 1.58. The van der Waals surface area contributed by atoms with Crippen LogP contribution >= 0.6 is 23.2 Å². The van der Waals surface area contributed by atoms with Gasteiger partial charge in [-0.3, -0.25) is 4.79 Å². The summed E-state index contributed by atoms with van der Waals surface area (Å²) in [5.41, 5.74) is 1.52. The third kappa shape index (κ3) is 4.62. The Bertz CT molecular complexity index is 1160. The van der Waals surface area contributed by atoms with E-state index >= 15 is 0 Å². The van der Waals surface area contributed by atoms with E-state index in [2.05, 4.69) is 15.4 Å². The van der Waals surface area contributed by atoms with Crippen LogP contribution in [0, 0.1) is 0 Å². The van der Waals surface area contributed by atoms with Crippen LogP contribution in [0.3, 0.4) is 0 Å². The number of rotatable bonds is 6. The Hall–Kier alpha value is -3.35. The first kappa shape index (κ1) is 19.9. The maximum Gasteiger partial charge on any atom is 0.263 e. The summed E-state index contributed by atoms with van der Waals surface area (Å²) >= 11 is 12.0. The SMILES string of the molecule is O=C(COc1ccccc1Cl)Nc1cc(-c2ccc(Cl)cc2)nn1-c1ccccn1. The molecule has 0 saturated carbocycles. The third-order valence-corrected chi connectivity index (χ3v) is 4.74. The minimum Gasteiger partial charge on any atom is -0.482 e. The fourth-order valence-corrected chi connectivity index (χ4v) is 3.09. The molecule has 4 aromatic rings. The van der Waals surface area contributed by atoms with E-state index in [0.717, 1.165) is 5.56 Å². The number of aromatic nitrogens is 3. The van der Waals surface area contributed by atoms with Crippen LogP contribution in [-0.2, 0) is 4.79 Å². The van der Waals surface area contributed by atoms with Crippen molar-refractivity contribution in [3.05, 3.63) is 89.0 Å². The van der Waals surface area contributed by atoms with Crippen LogP contribution in [0.4, 0.5) is 5.82 Å². The number of carbonyl (C=O) groups excluding carboxylic acids is 1. The molecule has 0 atom stereocenters. The molecule has 30 heavy (non-hydrogen) atoms. The van der Waals surface area contributed by atoms with Gasteiger partial charge in [0.05, 0.1) is 10.7 Å². The average molecular weight is 439 g/mol. The summed E-state index contributed by atoms with van der Waals surface area (Å²) in [5.74, 6) is 1.12. The van der Waals surface area contributed by atoms with Gasteiger partial charge in [-0.1, -0.05) is 53.5 Å². The molecule has 4 rings (SSSR count). The van der Waals surface area contributed by atoms with Gasteiger partial charge in [0.15, 0.2) is 12.4 Å². The van der Waals surface area contributed by atoms with E-state index in [1.807, 2.05) is 24.3 Å². The van der Waals surface area contributed by atoms with Crippen molar-refractivity contribution in [1.29, 1.82) is 0 Å². The fourth-order valence-electron chi connectivity index (χ4n) is 2.77. The monoisotopic (exact) mass is 438 g/mol. The lowest BCUT2D eigenvalue weighted by molar-refractivity contribution is -0.118. The molecule has 1 amide bonds. The van der Waals surface area contributed by atoms with Gasteiger partial charge >= 0.3 is 0 Å². The van der Waals surface area contributed by atoms with Crippen molar-refractivity contribution in [2.75, 3.05) is 11.9 Å². The Morgan fingerprint density at radius 1 is 1.00 bits per heavy atom. The van der Waals surface area contributed by atoms with Gasteiger partial charge in [0, 0.05) is 22.8 Å². The van der Waals surface area contributed by atoms with Crippen LogP contribution < -0.4 is 10.1 Å². The summed E-state index contributed by atoms with van der Waals surface area (Å²) in [4.78, 5) is 16.8. The quantitative estimate of drug-likeness (QED) is 0.445. The highest BCUT2D eigenvalue weighted by Crippen LogP contribution is 2.26. The summed E-state index contributed by atoms with van der Waals surface area (Å²) < 4.78 is 7.08. The van der Waals surface area contributed by atoms with Gasteiger partial charge in [-0.15, -0.1) is 0 Å². The summed E-state index contributed by atoms with van der Waals surface area (Å²) in [5, 5.41) is 8.50. The topological polar surface area (TPSA) is 69.0 Å². The van der Waals surface area contributed by atoms with Gasteiger partial charge in [0.2, 0.25) is 0 Å². The highest BCUT2D eigenvalue weighted by Gasteiger charge is 2.15. The van der Waals surface area contributed by atoms with Gasteiger partial charge < -0.3 is 10.1 Å². The normalized spacial score (nSPS) is 10.6. The number of halogens is 2. The van der Waals surface area contributed by atoms with Crippen LogP contribution in [-0.4, -0.2) is 27.3 Å². The van der Waals surface area contributed by atoms with Crippen molar-refractivity contribution in [2.45, 2.75) is 0 Å². The molecule has 0 spiro atoms. The van der Waals surface area contributed by atoms with Gasteiger partial charge in [0.25, 0.3) is 5.91 Å². The van der Waals surface area contributed by atoms with Crippen molar-refractivity contribution < 1.29 is 9.53 Å². The van der Waals surface area contributed by atoms with Crippen molar-refractivity contribution in [2.24, 2.45) is 0 Å². The predicted molar refractivity (Wildman–Crippen MR) is 117 cm³/mol. The van der Waals surface area contributed by atoms with E-state index < -0.39 is 0 Å². The van der Waals surface area contributed by atoms with Crippen molar-refractivity contribution in [1.82, 2.24) is 14.8 Å². The van der Waals surface area contributed by atoms with Gasteiger partial charge in [-0.25, -0.2) is 4.98 Å². The molecular weight excluding hydrogens is 423 g/mol. The lowest BCUT2D eigenvalue weighted by Crippen LogP contribution is -2.22. The van der Waals surface area contributed by atoms with Crippen molar-refractivity contribution >= 4 is 34.9 Å². The predicted octanol–water partition coefficient (Wildman–Crippen LogP) is 5.26. The van der Waals surface area contributed by atoms with E-state index in [1.165, 1.54) is 0 Å². The number of hydrogen-bond donors (Lipinski definition) is 1. The van der Waals surface area contributed by atoms with Crippen LogP contribution in [0.25, 0.3) is 17.1 Å². The number of pyridine rings is 1. The average Bonchev–Trinajstić information content (AvgIpc) is 3.18. The van der Waals surface area contributed by atoms with Gasteiger partial charge in [-0.2, -0.15) is 9.78 Å². The second-order valence-corrected chi connectivity index (χ2v) is 7.13. The number of carbonyl (C=O) groups is 1. The molecule has 1 N–H and O–H groups in total. The minimum absolute atomic E-state index is 0.201. The van der Waals surface area contributed by atoms with Crippen LogP contribution in [0.2, 0.25) is 10.0 Å². The van der Waals surface area contributed by atoms with E-state index in [-0.39, 0.29) is 12.5 Å². The molecule has 150 valence electrons. The fraction of sp³-hybridized carbons (Fsp3) is 0.0455. The first-order valence-corrected chi connectivity index (χ1v) is 9.80. The van der Waals surface area contributed by atoms with E-state index in [0.29, 0.717) is 33.1 Å². The number of amides is 1. The summed E-state index contributed by atoms with van der Waals surface area (Å²) in [7, 11) is 0. The number of nitrogens with zero attached hydrogens (tertiary/aromatic N) is 3. The molecule has 0 unspecified atom stereocenters. The summed E-state index contributed by atoms with van der Waals surface area (Å²) in [6.45, 7) is -0.201. The molecular formula is C22H16Cl2N4O2. The molecule has 0 aliphatic rings. The van der Waals surface area contributed by atoms with Gasteiger partial charge in [-0.05, 0) is 36.4 Å². The van der Waals surface area contributed by atoms with Crippen LogP contribution in [0.15, 0.2) is 79.0 Å². The first-order chi connectivity index (χ1) is 14.6. The van der Waals surface area contributed by atoms with Crippen LogP contribution in [0.1, 0.15) is 0 Å². The minimum atomic E-state index is -0.352. The largest absolute Gasteiger partial charge is 0.482 e. The number of hydrogen-bond acceptors (Lipinski definition) is 4. The molecule has 0 bridgehead atoms. The third-order valence-electron chi connectivity index (χ3n) is 4.18. The Morgan fingerprint density at radius 3 is 2.50 bits per heavy atom. The molecule has 8 heteroatoms. The standard InChI is InChI=1S/C22H16Cl2N4O2/c23-16-10-8-15(9-11-16)18-13-21(28(27-18)20-7-3-4-12-25-20)26-22(29)14-30-19-6-2-1-5-17(19)24/h1-13H,14H2,(H,26,29). The van der Waals surface area contributed by atoms with Crippen molar-refractivity contribution in [3.63, 3.8) is 0 Å². The summed E-state index contributed by atoms with van der Waals surface area (Å²) in [6.07, 6.45) is 1.66. The zero-order valence-corrected chi connectivity index (χ0v) is 17.1. The smallest absolute Gasteiger partial charge is 0.263 e. The number of nitrogens with one attached hydrogen (secondary N) is 1. The Kier molecular flexibility index (Phi) is 5.97. The molecule has 0 fully saturated rings. The van der Waals surface area contributed by atoms with Crippen molar-refractivity contribution in [3.8, 4) is 22.8 Å². The highest BCUT2D eigenvalue weighted by atomic mass is 35.5. The number of benzene rings is 2. The summed E-state index contributed by atoms with van der Waals surface area (Å²) in [6, 6.07) is 21.5. The molecule has 0 radical (unpaired) electrons. The van der Waals surface area contributed by atoms with Gasteiger partial charge in [0.1, 0.15) is 11.6 Å². The second-order valence-electron chi connectivity index (χ2n) is 6.29. The number of para-hydroxylation sites is 1. The molecule has 2 aromatic heterocycles. The molecule has 2 heterocycles. The molecule has 2 aromatic carbocycles.